The van der Waals surface area contributed by atoms with Gasteiger partial charge in [0.25, 0.3) is 0 Å². The highest BCUT2D eigenvalue weighted by atomic mass is 32.1. The van der Waals surface area contributed by atoms with Gasteiger partial charge in [-0.25, -0.2) is 0 Å². The quantitative estimate of drug-likeness (QED) is 0.163. The maximum absolute atomic E-state index is 2.59. The maximum atomic E-state index is 2.59. The van der Waals surface area contributed by atoms with Crippen LogP contribution < -0.4 is 0 Å². The molecule has 0 atom stereocenters. The predicted molar refractivity (Wildman–Crippen MR) is 387 cm³/mol. The molecule has 0 unspecified atom stereocenters. The third-order valence-corrected chi connectivity index (χ3v) is 23.2. The van der Waals surface area contributed by atoms with Crippen molar-refractivity contribution < 1.29 is 0 Å². The minimum Gasteiger partial charge on any atom is -0.308 e. The van der Waals surface area contributed by atoms with Crippen LogP contribution in [0.4, 0.5) is 0 Å². The van der Waals surface area contributed by atoms with E-state index in [2.05, 4.69) is 304 Å². The zero-order valence-electron chi connectivity index (χ0n) is 50.1. The van der Waals surface area contributed by atoms with Gasteiger partial charge < -0.3 is 9.13 Å². The third-order valence-electron chi connectivity index (χ3n) is 20.9. The minimum atomic E-state index is -0.235. The molecule has 0 amide bonds. The Hall–Kier alpha value is -10.4. The van der Waals surface area contributed by atoms with Crippen LogP contribution in [0.25, 0.3) is 173 Å². The van der Waals surface area contributed by atoms with Crippen LogP contribution in [0.2, 0.25) is 0 Å². The molecule has 18 aromatic rings. The number of fused-ring (bicyclic) bond motifs is 26. The largest absolute Gasteiger partial charge is 0.308 e. The molecule has 422 valence electrons. The van der Waals surface area contributed by atoms with Gasteiger partial charge in [0.05, 0.1) is 37.2 Å². The molecule has 4 heteroatoms. The number of para-hydroxylation sites is 3. The Bertz CT molecular complexity index is 6230. The zero-order valence-corrected chi connectivity index (χ0v) is 51.7. The summed E-state index contributed by atoms with van der Waals surface area (Å²) in [5.41, 5.74) is 25.2. The van der Waals surface area contributed by atoms with Gasteiger partial charge in [0.1, 0.15) is 0 Å². The van der Waals surface area contributed by atoms with Crippen molar-refractivity contribution in [2.24, 2.45) is 0 Å². The van der Waals surface area contributed by atoms with E-state index in [1.807, 2.05) is 22.7 Å². The molecule has 4 heterocycles. The topological polar surface area (TPSA) is 9.86 Å². The highest BCUT2D eigenvalue weighted by Gasteiger charge is 2.38. The standard InChI is InChI=1S/C86H56N2S2/c1-85(2)68-31-14-9-23-56(68)57-42-38-53(48-71(57)85)55-22-10-15-32-72(55)88-74-34-17-12-29-65(74)78-61-25-6-8-27-63(61)80-67-45-50(39-43-76(67)90-84(80)82(78)88)52-37-41-59-58-40-36-51(46-69(58)86(3,4)70(59)47-52)49-20-19-21-54(44-49)87-73-33-16-11-28-64(73)77-60-24-5-7-26-62(60)79-66-30-13-18-35-75(66)89-83(79)81(77)87/h5-48H,1-4H3. The number of nitrogens with zero attached hydrogens (tertiary/aromatic N) is 2. The molecule has 20 rings (SSSR count). The second kappa shape index (κ2) is 18.1. The van der Waals surface area contributed by atoms with Crippen molar-refractivity contribution in [3.63, 3.8) is 0 Å². The molecule has 0 saturated carbocycles. The van der Waals surface area contributed by atoms with Gasteiger partial charge in [0.2, 0.25) is 0 Å². The second-order valence-electron chi connectivity index (χ2n) is 26.2. The Balaban J connectivity index is 0.706. The summed E-state index contributed by atoms with van der Waals surface area (Å²) in [4.78, 5) is 0. The third kappa shape index (κ3) is 6.71. The fourth-order valence-electron chi connectivity index (χ4n) is 16.7. The summed E-state index contributed by atoms with van der Waals surface area (Å²) >= 11 is 3.85. The molecule has 0 aliphatic heterocycles. The molecule has 0 saturated heterocycles. The first kappa shape index (κ1) is 50.6. The Labute approximate surface area is 528 Å². The van der Waals surface area contributed by atoms with Gasteiger partial charge in [0, 0.05) is 74.6 Å². The molecule has 0 bridgehead atoms. The zero-order chi connectivity index (χ0) is 59.5. The van der Waals surface area contributed by atoms with E-state index in [1.54, 1.807) is 0 Å². The van der Waals surface area contributed by atoms with E-state index >= 15 is 0 Å². The number of aromatic nitrogens is 2. The summed E-state index contributed by atoms with van der Waals surface area (Å²) in [6, 6.07) is 101. The first-order chi connectivity index (χ1) is 44.2. The average molecular weight is 1180 g/mol. The highest BCUT2D eigenvalue weighted by Crippen LogP contribution is 2.55. The molecule has 0 N–H and O–H groups in total. The lowest BCUT2D eigenvalue weighted by Crippen LogP contribution is -2.15. The molecular formula is C86H56N2S2. The summed E-state index contributed by atoms with van der Waals surface area (Å²) < 4.78 is 10.4. The molecule has 2 nitrogen and oxygen atoms in total. The van der Waals surface area contributed by atoms with Gasteiger partial charge >= 0.3 is 0 Å². The molecule has 0 radical (unpaired) electrons. The fraction of sp³-hybridized carbons (Fsp3) is 0.0698. The average Bonchev–Trinajstić information content (AvgIpc) is 1.55. The summed E-state index contributed by atoms with van der Waals surface area (Å²) in [5.74, 6) is 0. The predicted octanol–water partition coefficient (Wildman–Crippen LogP) is 24.5. The molecule has 0 fully saturated rings. The molecular weight excluding hydrogens is 1130 g/mol. The number of rotatable bonds is 5. The van der Waals surface area contributed by atoms with Crippen LogP contribution in [0.15, 0.2) is 267 Å². The van der Waals surface area contributed by atoms with Crippen LogP contribution in [-0.2, 0) is 10.8 Å². The van der Waals surface area contributed by atoms with Crippen molar-refractivity contribution >= 4 is 128 Å². The van der Waals surface area contributed by atoms with Gasteiger partial charge in [-0.2, -0.15) is 0 Å². The summed E-state index contributed by atoms with van der Waals surface area (Å²) in [7, 11) is 0. The Morgan fingerprint density at radius 2 is 0.689 bits per heavy atom. The van der Waals surface area contributed by atoms with E-state index in [0.717, 1.165) is 0 Å². The Kier molecular flexibility index (Phi) is 10.2. The lowest BCUT2D eigenvalue weighted by atomic mass is 9.81. The first-order valence-corrected chi connectivity index (χ1v) is 33.1. The fourth-order valence-corrected chi connectivity index (χ4v) is 19.2. The lowest BCUT2D eigenvalue weighted by Gasteiger charge is -2.23. The molecule has 4 aromatic heterocycles. The van der Waals surface area contributed by atoms with Crippen LogP contribution in [0.3, 0.4) is 0 Å². The highest BCUT2D eigenvalue weighted by molar-refractivity contribution is 7.27. The van der Waals surface area contributed by atoms with E-state index in [1.165, 1.54) is 195 Å². The van der Waals surface area contributed by atoms with Crippen LogP contribution in [0.1, 0.15) is 49.9 Å². The normalized spacial score (nSPS) is 14.0. The maximum Gasteiger partial charge on any atom is 0.0726 e. The summed E-state index contributed by atoms with van der Waals surface area (Å²) in [6.07, 6.45) is 0. The van der Waals surface area contributed by atoms with Crippen molar-refractivity contribution in [2.45, 2.75) is 38.5 Å². The number of hydrogen-bond donors (Lipinski definition) is 0. The van der Waals surface area contributed by atoms with Crippen LogP contribution in [0.5, 0.6) is 0 Å². The molecule has 2 aliphatic rings. The molecule has 14 aromatic carbocycles. The molecule has 2 aliphatic carbocycles. The van der Waals surface area contributed by atoms with Crippen molar-refractivity contribution in [3.8, 4) is 67.0 Å². The molecule has 0 spiro atoms. The van der Waals surface area contributed by atoms with Gasteiger partial charge in [-0.05, 0) is 161 Å². The van der Waals surface area contributed by atoms with E-state index < -0.39 is 0 Å². The van der Waals surface area contributed by atoms with Gasteiger partial charge in [-0.1, -0.05) is 228 Å². The smallest absolute Gasteiger partial charge is 0.0726 e. The van der Waals surface area contributed by atoms with Crippen molar-refractivity contribution in [2.75, 3.05) is 0 Å². The Morgan fingerprint density at radius 3 is 1.33 bits per heavy atom. The van der Waals surface area contributed by atoms with E-state index in [9.17, 15) is 0 Å². The minimum absolute atomic E-state index is 0.104. The summed E-state index contributed by atoms with van der Waals surface area (Å²) in [6.45, 7) is 9.61. The van der Waals surface area contributed by atoms with E-state index in [0.29, 0.717) is 0 Å². The monoisotopic (exact) mass is 1180 g/mol. The van der Waals surface area contributed by atoms with Gasteiger partial charge in [-0.15, -0.1) is 22.7 Å². The number of hydrogen-bond acceptors (Lipinski definition) is 2. The second-order valence-corrected chi connectivity index (χ2v) is 28.3. The Morgan fingerprint density at radius 1 is 0.267 bits per heavy atom. The van der Waals surface area contributed by atoms with E-state index in [-0.39, 0.29) is 10.8 Å². The SMILES string of the molecule is CC1(C)c2cc(-c3cccc(-n4c5ccccc5c5c6ccccc6c6c7ccccc7sc6c54)c3)ccc2-c2ccc(-c3ccc4sc5c(c4c3)c3ccccc3c3c4ccccc4n(-c4ccccc4-c4ccc6c(c4)C(C)(C)c4ccccc4-6)c53)cc21. The number of thiophene rings is 2. The van der Waals surface area contributed by atoms with Gasteiger partial charge in [0.15, 0.2) is 0 Å². The van der Waals surface area contributed by atoms with E-state index in [4.69, 9.17) is 0 Å². The van der Waals surface area contributed by atoms with Crippen LogP contribution in [-0.4, -0.2) is 9.13 Å². The first-order valence-electron chi connectivity index (χ1n) is 31.5. The summed E-state index contributed by atoms with van der Waals surface area (Å²) in [5, 5.41) is 15.7. The van der Waals surface area contributed by atoms with Crippen molar-refractivity contribution in [3.05, 3.63) is 289 Å². The number of benzene rings is 14. The lowest BCUT2D eigenvalue weighted by molar-refractivity contribution is 0.660. The van der Waals surface area contributed by atoms with Crippen LogP contribution >= 0.6 is 22.7 Å². The molecule has 90 heavy (non-hydrogen) atoms. The van der Waals surface area contributed by atoms with Crippen molar-refractivity contribution in [1.82, 2.24) is 9.13 Å². The van der Waals surface area contributed by atoms with Gasteiger partial charge in [-0.3, -0.25) is 0 Å². The van der Waals surface area contributed by atoms with Crippen LogP contribution in [0, 0.1) is 0 Å². The van der Waals surface area contributed by atoms with Crippen molar-refractivity contribution in [1.29, 1.82) is 0 Å².